The predicted octanol–water partition coefficient (Wildman–Crippen LogP) is 6.80. The molecular weight excluding hydrogens is 528 g/mol. The summed E-state index contributed by atoms with van der Waals surface area (Å²) in [4.78, 5) is 5.93. The van der Waals surface area contributed by atoms with Gasteiger partial charge in [0.15, 0.2) is 11.5 Å². The first-order valence-corrected chi connectivity index (χ1v) is 12.4. The maximum Gasteiger partial charge on any atom is 0.231 e. The van der Waals surface area contributed by atoms with E-state index < -0.39 is 0 Å². The molecule has 3 aromatic carbocycles. The summed E-state index contributed by atoms with van der Waals surface area (Å²) in [6.45, 7) is 1.80. The van der Waals surface area contributed by atoms with Gasteiger partial charge in [0.2, 0.25) is 5.13 Å². The molecule has 0 saturated carbocycles. The van der Waals surface area contributed by atoms with Crippen LogP contribution < -0.4 is 5.73 Å². The van der Waals surface area contributed by atoms with Crippen LogP contribution in [0.5, 0.6) is 0 Å². The molecule has 2 heterocycles. The van der Waals surface area contributed by atoms with Crippen LogP contribution in [0.2, 0.25) is 0 Å². The third-order valence-electron chi connectivity index (χ3n) is 5.03. The number of aromatic nitrogens is 3. The minimum Gasteiger partial charge on any atom is -0.382 e. The van der Waals surface area contributed by atoms with E-state index in [1.54, 1.807) is 23.7 Å². The second kappa shape index (κ2) is 10.9. The van der Waals surface area contributed by atoms with Crippen LogP contribution >= 0.6 is 35.4 Å². The van der Waals surface area contributed by atoms with Crippen LogP contribution in [-0.4, -0.2) is 25.3 Å². The topological polar surface area (TPSA) is 159 Å². The average molecular weight is 545 g/mol. The van der Waals surface area contributed by atoms with Gasteiger partial charge >= 0.3 is 0 Å². The smallest absolute Gasteiger partial charge is 0.231 e. The zero-order chi connectivity index (χ0) is 25.1. The third kappa shape index (κ3) is 5.05. The minimum atomic E-state index is 0.332. The molecule has 0 spiro atoms. The van der Waals surface area contributed by atoms with Crippen molar-refractivity contribution in [2.45, 2.75) is 16.7 Å². The number of anilines is 1. The summed E-state index contributed by atoms with van der Waals surface area (Å²) in [6, 6.07) is 16.8. The quantitative estimate of drug-likeness (QED) is 0.0775. The fourth-order valence-corrected chi connectivity index (χ4v) is 5.17. The zero-order valence-corrected chi connectivity index (χ0v) is 20.7. The van der Waals surface area contributed by atoms with Gasteiger partial charge < -0.3 is 5.73 Å². The number of nitrogen functional groups attached to an aromatic ring is 1. The summed E-state index contributed by atoms with van der Waals surface area (Å²) in [7, 11) is 0. The SMILES string of the molecule is Cc1nn(-c2ccc3c(SOOO)cccc3c2)c(N)c1/N=N/c1nc2cc(SOOO)ccc2s1. The van der Waals surface area contributed by atoms with Crippen molar-refractivity contribution in [1.29, 1.82) is 0 Å². The molecule has 0 fully saturated rings. The number of nitrogens with zero attached hydrogens (tertiary/aromatic N) is 5. The highest BCUT2D eigenvalue weighted by molar-refractivity contribution is 7.95. The normalized spacial score (nSPS) is 11.9. The molecule has 0 atom stereocenters. The van der Waals surface area contributed by atoms with E-state index in [1.807, 2.05) is 42.5 Å². The number of thiazole rings is 1. The van der Waals surface area contributed by atoms with Gasteiger partial charge in [0.25, 0.3) is 0 Å². The lowest BCUT2D eigenvalue weighted by Gasteiger charge is -2.08. The van der Waals surface area contributed by atoms with Crippen LogP contribution in [0.4, 0.5) is 16.6 Å². The van der Waals surface area contributed by atoms with Crippen molar-refractivity contribution < 1.29 is 29.3 Å². The lowest BCUT2D eigenvalue weighted by atomic mass is 10.1. The average Bonchev–Trinajstić information content (AvgIpc) is 3.43. The number of hydrogen-bond donors (Lipinski definition) is 3. The Kier molecular flexibility index (Phi) is 7.42. The second-order valence-corrected chi connectivity index (χ2v) is 9.70. The Morgan fingerprint density at radius 1 is 1.00 bits per heavy atom. The molecule has 36 heavy (non-hydrogen) atoms. The highest BCUT2D eigenvalue weighted by Crippen LogP contribution is 2.36. The summed E-state index contributed by atoms with van der Waals surface area (Å²) in [5.74, 6) is 0.332. The van der Waals surface area contributed by atoms with E-state index in [-0.39, 0.29) is 0 Å². The molecule has 4 N–H and O–H groups in total. The van der Waals surface area contributed by atoms with Gasteiger partial charge in [0, 0.05) is 9.79 Å². The van der Waals surface area contributed by atoms with E-state index in [0.29, 0.717) is 32.7 Å². The van der Waals surface area contributed by atoms with E-state index in [4.69, 9.17) is 16.2 Å². The molecule has 0 aliphatic heterocycles. The van der Waals surface area contributed by atoms with Crippen molar-refractivity contribution in [1.82, 2.24) is 14.8 Å². The fraction of sp³-hybridized carbons (Fsp3) is 0.0476. The zero-order valence-electron chi connectivity index (χ0n) is 18.3. The van der Waals surface area contributed by atoms with Gasteiger partial charge in [-0.05, 0) is 54.1 Å². The first kappa shape index (κ1) is 24.6. The summed E-state index contributed by atoms with van der Waals surface area (Å²) < 4.78 is 11.5. The molecule has 15 heteroatoms. The van der Waals surface area contributed by atoms with E-state index >= 15 is 0 Å². The van der Waals surface area contributed by atoms with Crippen molar-refractivity contribution in [2.24, 2.45) is 10.2 Å². The van der Waals surface area contributed by atoms with Crippen molar-refractivity contribution in [3.8, 4) is 5.69 Å². The van der Waals surface area contributed by atoms with Gasteiger partial charge in [-0.2, -0.15) is 5.10 Å². The minimum absolute atomic E-state index is 0.332. The monoisotopic (exact) mass is 544 g/mol. The number of nitrogens with two attached hydrogens (primary N) is 1. The highest BCUT2D eigenvalue weighted by atomic mass is 32.2. The van der Waals surface area contributed by atoms with E-state index in [2.05, 4.69) is 39.1 Å². The van der Waals surface area contributed by atoms with E-state index in [1.165, 1.54) is 11.3 Å². The lowest BCUT2D eigenvalue weighted by Crippen LogP contribution is -2.01. The predicted molar refractivity (Wildman–Crippen MR) is 135 cm³/mol. The number of rotatable bonds is 9. The Bertz CT molecular complexity index is 1570. The number of azo groups is 1. The largest absolute Gasteiger partial charge is 0.382 e. The fourth-order valence-electron chi connectivity index (χ4n) is 3.49. The summed E-state index contributed by atoms with van der Waals surface area (Å²) in [6.07, 6.45) is 0. The molecule has 0 amide bonds. The van der Waals surface area contributed by atoms with Crippen molar-refractivity contribution in [2.75, 3.05) is 5.73 Å². The number of benzene rings is 3. The first-order chi connectivity index (χ1) is 17.6. The summed E-state index contributed by atoms with van der Waals surface area (Å²) in [5.41, 5.74) is 8.88. The first-order valence-electron chi connectivity index (χ1n) is 10.1. The molecule has 0 unspecified atom stereocenters. The molecule has 0 radical (unpaired) electrons. The Morgan fingerprint density at radius 2 is 1.83 bits per heavy atom. The van der Waals surface area contributed by atoms with Gasteiger partial charge in [0.05, 0.1) is 45.7 Å². The van der Waals surface area contributed by atoms with Crippen LogP contribution in [0.1, 0.15) is 5.69 Å². The Hall–Kier alpha value is -3.12. The van der Waals surface area contributed by atoms with Crippen molar-refractivity contribution in [3.05, 3.63) is 60.3 Å². The molecule has 184 valence electrons. The number of fused-ring (bicyclic) bond motifs is 2. The van der Waals surface area contributed by atoms with Crippen molar-refractivity contribution >= 4 is 73.0 Å². The van der Waals surface area contributed by atoms with E-state index in [9.17, 15) is 0 Å². The number of aryl methyl sites for hydroxylation is 1. The number of hydrogen-bond acceptors (Lipinski definition) is 14. The molecule has 2 aromatic heterocycles. The van der Waals surface area contributed by atoms with Gasteiger partial charge in [-0.1, -0.05) is 39.6 Å². The maximum absolute atomic E-state index is 8.44. The standard InChI is InChI=1S/C21H16N6O6S3/c1-11-19(24-25-21-23-16-10-14(35-32-30-28)6-8-18(16)34-21)20(22)27(26-11)13-5-7-15-12(9-13)3-2-4-17(15)36-33-31-29/h2-10,28-29H,22H2,1H3/b25-24+. The van der Waals surface area contributed by atoms with Gasteiger partial charge in [-0.3, -0.25) is 0 Å². The molecular formula is C21H16N6O6S3. The van der Waals surface area contributed by atoms with Crippen LogP contribution in [0, 0.1) is 6.92 Å². The third-order valence-corrected chi connectivity index (χ3v) is 7.19. The second-order valence-electron chi connectivity index (χ2n) is 7.17. The maximum atomic E-state index is 8.44. The van der Waals surface area contributed by atoms with Crippen LogP contribution in [0.15, 0.2) is 74.6 Å². The summed E-state index contributed by atoms with van der Waals surface area (Å²) >= 11 is 3.11. The van der Waals surface area contributed by atoms with Crippen LogP contribution in [-0.2, 0) is 18.7 Å². The molecule has 0 bridgehead atoms. The Balaban J connectivity index is 1.42. The van der Waals surface area contributed by atoms with Crippen LogP contribution in [0.25, 0.3) is 26.7 Å². The Labute approximate surface area is 215 Å². The molecule has 0 aliphatic carbocycles. The van der Waals surface area contributed by atoms with E-state index in [0.717, 1.165) is 50.1 Å². The molecule has 12 nitrogen and oxygen atoms in total. The highest BCUT2D eigenvalue weighted by Gasteiger charge is 2.15. The van der Waals surface area contributed by atoms with Gasteiger partial charge in [-0.25, -0.2) is 20.2 Å². The molecule has 0 saturated heterocycles. The molecule has 0 aliphatic rings. The van der Waals surface area contributed by atoms with Crippen LogP contribution in [0.3, 0.4) is 0 Å². The molecule has 5 aromatic rings. The lowest BCUT2D eigenvalue weighted by molar-refractivity contribution is -0.432. The Morgan fingerprint density at radius 3 is 2.67 bits per heavy atom. The van der Waals surface area contributed by atoms with Crippen molar-refractivity contribution in [3.63, 3.8) is 0 Å². The summed E-state index contributed by atoms with van der Waals surface area (Å²) in [5, 5.41) is 39.5. The van der Waals surface area contributed by atoms with Gasteiger partial charge in [0.1, 0.15) is 0 Å². The molecule has 5 rings (SSSR count). The van der Waals surface area contributed by atoms with Gasteiger partial charge in [-0.15, -0.1) is 18.9 Å².